The second-order valence-electron chi connectivity index (χ2n) is 7.10. The number of likely N-dealkylation sites (tertiary alicyclic amines) is 1. The summed E-state index contributed by atoms with van der Waals surface area (Å²) in [5.74, 6) is 1.53. The van der Waals surface area contributed by atoms with Crippen molar-refractivity contribution in [2.45, 2.75) is 25.6 Å². The predicted molar refractivity (Wildman–Crippen MR) is 111 cm³/mol. The Morgan fingerprint density at radius 2 is 1.97 bits per heavy atom. The van der Waals surface area contributed by atoms with Crippen LogP contribution in [0.2, 0.25) is 5.02 Å². The Balaban J connectivity index is 1.49. The molecule has 2 unspecified atom stereocenters. The van der Waals surface area contributed by atoms with Gasteiger partial charge < -0.3 is 19.3 Å². The Labute approximate surface area is 175 Å². The van der Waals surface area contributed by atoms with E-state index in [9.17, 15) is 9.90 Å². The highest BCUT2D eigenvalue weighted by molar-refractivity contribution is 6.30. The van der Waals surface area contributed by atoms with Gasteiger partial charge in [-0.25, -0.2) is 0 Å². The first-order chi connectivity index (χ1) is 14.0. The van der Waals surface area contributed by atoms with Crippen LogP contribution in [0.3, 0.4) is 0 Å². The summed E-state index contributed by atoms with van der Waals surface area (Å²) < 4.78 is 16.9. The van der Waals surface area contributed by atoms with E-state index in [0.29, 0.717) is 28.6 Å². The van der Waals surface area contributed by atoms with Gasteiger partial charge >= 0.3 is 0 Å². The van der Waals surface area contributed by atoms with Crippen molar-refractivity contribution in [2.24, 2.45) is 0 Å². The molecule has 0 saturated carbocycles. The van der Waals surface area contributed by atoms with Crippen LogP contribution in [0.4, 0.5) is 0 Å². The Bertz CT molecular complexity index is 826. The van der Waals surface area contributed by atoms with Gasteiger partial charge in [-0.1, -0.05) is 17.7 Å². The average molecular weight is 420 g/mol. The molecule has 1 heterocycles. The third-order valence-electron chi connectivity index (χ3n) is 4.81. The van der Waals surface area contributed by atoms with Gasteiger partial charge in [0.1, 0.15) is 41.6 Å². The number of benzene rings is 2. The lowest BCUT2D eigenvalue weighted by molar-refractivity contribution is 0.0710. The molecule has 2 atom stereocenters. The molecule has 0 bridgehead atoms. The van der Waals surface area contributed by atoms with Crippen LogP contribution in [0.25, 0.3) is 0 Å². The van der Waals surface area contributed by atoms with Crippen LogP contribution in [0.1, 0.15) is 23.7 Å². The molecule has 2 aromatic rings. The van der Waals surface area contributed by atoms with E-state index in [0.717, 1.165) is 25.3 Å². The SMILES string of the molecule is COc1cccc(OCC(O)CN2CCC(Oc3ccc(Cl)cc3)C2)c1C(C)=O. The van der Waals surface area contributed by atoms with E-state index in [1.165, 1.54) is 14.0 Å². The van der Waals surface area contributed by atoms with Gasteiger partial charge in [-0.15, -0.1) is 0 Å². The molecule has 2 aromatic carbocycles. The van der Waals surface area contributed by atoms with Gasteiger partial charge in [-0.05, 0) is 49.7 Å². The Hall–Kier alpha value is -2.28. The topological polar surface area (TPSA) is 68.2 Å². The van der Waals surface area contributed by atoms with Gasteiger partial charge in [0.25, 0.3) is 0 Å². The summed E-state index contributed by atoms with van der Waals surface area (Å²) in [4.78, 5) is 14.1. The minimum Gasteiger partial charge on any atom is -0.496 e. The van der Waals surface area contributed by atoms with Crippen molar-refractivity contribution in [1.82, 2.24) is 4.90 Å². The molecule has 1 saturated heterocycles. The number of Topliss-reactive ketones (excluding diaryl/α,β-unsaturated/α-hetero) is 1. The molecular formula is C22H26ClNO5. The van der Waals surface area contributed by atoms with Crippen LogP contribution in [-0.4, -0.2) is 61.3 Å². The molecule has 3 rings (SSSR count). The number of rotatable bonds is 9. The third-order valence-corrected chi connectivity index (χ3v) is 5.06. The zero-order valence-electron chi connectivity index (χ0n) is 16.6. The number of ether oxygens (including phenoxy) is 3. The standard InChI is InChI=1S/C22H26ClNO5/c1-15(25)22-20(27-2)4-3-5-21(22)28-14-17(26)12-24-11-10-19(13-24)29-18-8-6-16(23)7-9-18/h3-9,17,19,26H,10-14H2,1-2H3. The number of β-amino-alcohol motifs (C(OH)–C–C–N with tert-alkyl or cyclic N) is 1. The first-order valence-electron chi connectivity index (χ1n) is 9.59. The number of halogens is 1. The Morgan fingerprint density at radius 1 is 1.24 bits per heavy atom. The zero-order valence-corrected chi connectivity index (χ0v) is 17.4. The summed E-state index contributed by atoms with van der Waals surface area (Å²) in [7, 11) is 1.51. The highest BCUT2D eigenvalue weighted by Crippen LogP contribution is 2.29. The quantitative estimate of drug-likeness (QED) is 0.628. The predicted octanol–water partition coefficient (Wildman–Crippen LogP) is 3.44. The van der Waals surface area contributed by atoms with Crippen molar-refractivity contribution in [3.8, 4) is 17.2 Å². The van der Waals surface area contributed by atoms with Crippen molar-refractivity contribution in [3.05, 3.63) is 53.1 Å². The van der Waals surface area contributed by atoms with Crippen LogP contribution in [-0.2, 0) is 0 Å². The molecule has 1 N–H and O–H groups in total. The van der Waals surface area contributed by atoms with Crippen molar-refractivity contribution in [2.75, 3.05) is 33.4 Å². The number of ketones is 1. The maximum absolute atomic E-state index is 11.9. The molecule has 156 valence electrons. The third kappa shape index (κ3) is 5.85. The summed E-state index contributed by atoms with van der Waals surface area (Å²) in [5.41, 5.74) is 0.389. The van der Waals surface area contributed by atoms with Crippen molar-refractivity contribution < 1.29 is 24.1 Å². The van der Waals surface area contributed by atoms with Gasteiger partial charge in [0.05, 0.1) is 7.11 Å². The van der Waals surface area contributed by atoms with Crippen molar-refractivity contribution >= 4 is 17.4 Å². The van der Waals surface area contributed by atoms with E-state index in [-0.39, 0.29) is 18.5 Å². The number of aliphatic hydroxyl groups excluding tert-OH is 1. The minimum absolute atomic E-state index is 0.0759. The Kier molecular flexibility index (Phi) is 7.36. The van der Waals surface area contributed by atoms with Gasteiger partial charge in [0.15, 0.2) is 5.78 Å². The Morgan fingerprint density at radius 3 is 2.66 bits per heavy atom. The summed E-state index contributed by atoms with van der Waals surface area (Å²) in [6.45, 7) is 3.60. The van der Waals surface area contributed by atoms with E-state index in [1.807, 2.05) is 12.1 Å². The fourth-order valence-electron chi connectivity index (χ4n) is 3.45. The molecule has 29 heavy (non-hydrogen) atoms. The molecule has 0 radical (unpaired) electrons. The van der Waals surface area contributed by atoms with Gasteiger partial charge in [0, 0.05) is 24.7 Å². The van der Waals surface area contributed by atoms with Gasteiger partial charge in [-0.2, -0.15) is 0 Å². The summed E-state index contributed by atoms with van der Waals surface area (Å²) in [6, 6.07) is 12.5. The number of carbonyl (C=O) groups is 1. The van der Waals surface area contributed by atoms with Crippen LogP contribution >= 0.6 is 11.6 Å². The first kappa shape index (κ1) is 21.4. The number of hydrogen-bond acceptors (Lipinski definition) is 6. The summed E-state index contributed by atoms with van der Waals surface area (Å²) in [6.07, 6.45) is 0.280. The maximum atomic E-state index is 11.9. The van der Waals surface area contributed by atoms with Crippen LogP contribution in [0.15, 0.2) is 42.5 Å². The zero-order chi connectivity index (χ0) is 20.8. The maximum Gasteiger partial charge on any atom is 0.167 e. The smallest absolute Gasteiger partial charge is 0.167 e. The number of nitrogens with zero attached hydrogens (tertiary/aromatic N) is 1. The molecule has 1 aliphatic rings. The number of carbonyl (C=O) groups excluding carboxylic acids is 1. The van der Waals surface area contributed by atoms with E-state index in [2.05, 4.69) is 4.90 Å². The number of hydrogen-bond donors (Lipinski definition) is 1. The monoisotopic (exact) mass is 419 g/mol. The largest absolute Gasteiger partial charge is 0.496 e. The molecule has 0 aliphatic carbocycles. The van der Waals surface area contributed by atoms with E-state index in [4.69, 9.17) is 25.8 Å². The fourth-order valence-corrected chi connectivity index (χ4v) is 3.58. The molecule has 1 aliphatic heterocycles. The molecule has 0 spiro atoms. The molecule has 1 fully saturated rings. The lowest BCUT2D eigenvalue weighted by Crippen LogP contribution is -2.35. The van der Waals surface area contributed by atoms with Crippen LogP contribution in [0.5, 0.6) is 17.2 Å². The van der Waals surface area contributed by atoms with Crippen molar-refractivity contribution in [1.29, 1.82) is 0 Å². The van der Waals surface area contributed by atoms with E-state index in [1.54, 1.807) is 30.3 Å². The van der Waals surface area contributed by atoms with Crippen molar-refractivity contribution in [3.63, 3.8) is 0 Å². The lowest BCUT2D eigenvalue weighted by Gasteiger charge is -2.21. The fraction of sp³-hybridized carbons (Fsp3) is 0.409. The second-order valence-corrected chi connectivity index (χ2v) is 7.53. The van der Waals surface area contributed by atoms with Crippen LogP contribution in [0, 0.1) is 0 Å². The normalized spacial score (nSPS) is 17.7. The highest BCUT2D eigenvalue weighted by Gasteiger charge is 2.26. The minimum atomic E-state index is -0.685. The lowest BCUT2D eigenvalue weighted by atomic mass is 10.1. The van der Waals surface area contributed by atoms with Crippen LogP contribution < -0.4 is 14.2 Å². The second kappa shape index (κ2) is 9.96. The van der Waals surface area contributed by atoms with E-state index >= 15 is 0 Å². The summed E-state index contributed by atoms with van der Waals surface area (Å²) in [5, 5.41) is 11.1. The summed E-state index contributed by atoms with van der Waals surface area (Å²) >= 11 is 5.90. The molecule has 0 amide bonds. The molecule has 0 aromatic heterocycles. The number of aliphatic hydroxyl groups is 1. The first-order valence-corrected chi connectivity index (χ1v) is 9.97. The molecule has 7 heteroatoms. The highest BCUT2D eigenvalue weighted by atomic mass is 35.5. The molecular weight excluding hydrogens is 394 g/mol. The number of methoxy groups -OCH3 is 1. The van der Waals surface area contributed by atoms with Gasteiger partial charge in [-0.3, -0.25) is 9.69 Å². The molecule has 6 nitrogen and oxygen atoms in total. The van der Waals surface area contributed by atoms with E-state index < -0.39 is 6.10 Å². The average Bonchev–Trinajstić information content (AvgIpc) is 3.14. The van der Waals surface area contributed by atoms with Gasteiger partial charge in [0.2, 0.25) is 0 Å².